The van der Waals surface area contributed by atoms with Crippen LogP contribution in [0, 0.1) is 5.92 Å². The van der Waals surface area contributed by atoms with Crippen molar-refractivity contribution < 1.29 is 24.5 Å². The van der Waals surface area contributed by atoms with Gasteiger partial charge in [0.2, 0.25) is 5.91 Å². The Balaban J connectivity index is 1.94. The van der Waals surface area contributed by atoms with E-state index in [0.717, 1.165) is 0 Å². The smallest absolute Gasteiger partial charge is 0.335 e. The lowest BCUT2D eigenvalue weighted by Crippen LogP contribution is -2.39. The molecule has 0 aliphatic carbocycles. The zero-order valence-electron chi connectivity index (χ0n) is 13.4. The Morgan fingerprint density at radius 1 is 1.30 bits per heavy atom. The number of aliphatic hydroxyl groups excluding tert-OH is 1. The first kappa shape index (κ1) is 17.3. The van der Waals surface area contributed by atoms with Crippen molar-refractivity contribution in [3.63, 3.8) is 0 Å². The van der Waals surface area contributed by atoms with E-state index in [1.807, 2.05) is 13.8 Å². The SMILES string of the molecule is CC(C)CC(=O)N1C[C@@H](O)C[C@H]1COc1ccc(C(=O)O)cc1. The van der Waals surface area contributed by atoms with E-state index in [2.05, 4.69) is 0 Å². The fraction of sp³-hybridized carbons (Fsp3) is 0.529. The predicted molar refractivity (Wildman–Crippen MR) is 84.5 cm³/mol. The minimum Gasteiger partial charge on any atom is -0.491 e. The summed E-state index contributed by atoms with van der Waals surface area (Å²) < 4.78 is 5.66. The standard InChI is InChI=1S/C17H23NO5/c1-11(2)7-16(20)18-9-14(19)8-13(18)10-23-15-5-3-12(4-6-15)17(21)22/h3-6,11,13-14,19H,7-10H2,1-2H3,(H,21,22)/t13-,14-/m0/s1. The van der Waals surface area contributed by atoms with Gasteiger partial charge in [-0.2, -0.15) is 0 Å². The largest absolute Gasteiger partial charge is 0.491 e. The van der Waals surface area contributed by atoms with Crippen molar-refractivity contribution >= 4 is 11.9 Å². The summed E-state index contributed by atoms with van der Waals surface area (Å²) in [5.74, 6) is -0.134. The maximum absolute atomic E-state index is 12.2. The van der Waals surface area contributed by atoms with Gasteiger partial charge < -0.3 is 19.8 Å². The number of likely N-dealkylation sites (tertiary alicyclic amines) is 1. The van der Waals surface area contributed by atoms with Gasteiger partial charge >= 0.3 is 5.97 Å². The van der Waals surface area contributed by atoms with Crippen LogP contribution in [-0.4, -0.2) is 52.3 Å². The zero-order valence-corrected chi connectivity index (χ0v) is 13.4. The minimum absolute atomic E-state index is 0.0337. The molecule has 2 N–H and O–H groups in total. The summed E-state index contributed by atoms with van der Waals surface area (Å²) in [6.07, 6.45) is 0.433. The molecule has 1 aromatic carbocycles. The summed E-state index contributed by atoms with van der Waals surface area (Å²) in [5, 5.41) is 18.7. The molecule has 23 heavy (non-hydrogen) atoms. The number of hydrogen-bond acceptors (Lipinski definition) is 4. The average Bonchev–Trinajstić information content (AvgIpc) is 2.86. The second-order valence-electron chi connectivity index (χ2n) is 6.33. The second kappa shape index (κ2) is 7.46. The molecular formula is C17H23NO5. The van der Waals surface area contributed by atoms with E-state index in [-0.39, 0.29) is 30.0 Å². The molecule has 0 unspecified atom stereocenters. The Morgan fingerprint density at radius 2 is 1.96 bits per heavy atom. The van der Waals surface area contributed by atoms with Gasteiger partial charge in [-0.1, -0.05) is 13.8 Å². The van der Waals surface area contributed by atoms with Crippen LogP contribution in [-0.2, 0) is 4.79 Å². The molecule has 1 aliphatic rings. The van der Waals surface area contributed by atoms with Gasteiger partial charge in [-0.25, -0.2) is 4.79 Å². The van der Waals surface area contributed by atoms with E-state index in [1.165, 1.54) is 12.1 Å². The number of nitrogens with zero attached hydrogens (tertiary/aromatic N) is 1. The van der Waals surface area contributed by atoms with Crippen LogP contribution >= 0.6 is 0 Å². The van der Waals surface area contributed by atoms with Gasteiger partial charge in [-0.15, -0.1) is 0 Å². The monoisotopic (exact) mass is 321 g/mol. The van der Waals surface area contributed by atoms with Crippen LogP contribution in [0.1, 0.15) is 37.0 Å². The third-order valence-electron chi connectivity index (χ3n) is 3.84. The molecule has 0 spiro atoms. The Kier molecular flexibility index (Phi) is 5.60. The van der Waals surface area contributed by atoms with Crippen LogP contribution < -0.4 is 4.74 Å². The molecule has 2 rings (SSSR count). The fourth-order valence-corrected chi connectivity index (χ4v) is 2.71. The van der Waals surface area contributed by atoms with Crippen LogP contribution in [0.25, 0.3) is 0 Å². The third kappa shape index (κ3) is 4.69. The number of benzene rings is 1. The van der Waals surface area contributed by atoms with E-state index in [9.17, 15) is 14.7 Å². The number of ether oxygens (including phenoxy) is 1. The lowest BCUT2D eigenvalue weighted by molar-refractivity contribution is -0.133. The van der Waals surface area contributed by atoms with E-state index < -0.39 is 12.1 Å². The molecule has 0 radical (unpaired) electrons. The molecule has 1 aliphatic heterocycles. The number of carboxylic acids is 1. The predicted octanol–water partition coefficient (Wildman–Crippen LogP) is 1.77. The number of rotatable bonds is 6. The van der Waals surface area contributed by atoms with Crippen molar-refractivity contribution in [1.29, 1.82) is 0 Å². The van der Waals surface area contributed by atoms with Crippen molar-refractivity contribution in [1.82, 2.24) is 4.90 Å². The van der Waals surface area contributed by atoms with Gasteiger partial charge in [0, 0.05) is 13.0 Å². The van der Waals surface area contributed by atoms with Crippen LogP contribution in [0.3, 0.4) is 0 Å². The average molecular weight is 321 g/mol. The Labute approximate surface area is 135 Å². The van der Waals surface area contributed by atoms with Gasteiger partial charge in [0.1, 0.15) is 12.4 Å². The highest BCUT2D eigenvalue weighted by atomic mass is 16.5. The molecule has 1 heterocycles. The van der Waals surface area contributed by atoms with Crippen LogP contribution in [0.5, 0.6) is 5.75 Å². The van der Waals surface area contributed by atoms with Gasteiger partial charge in [-0.3, -0.25) is 4.79 Å². The van der Waals surface area contributed by atoms with Crippen LogP contribution in [0.15, 0.2) is 24.3 Å². The number of aromatic carboxylic acids is 1. The Morgan fingerprint density at radius 3 is 2.52 bits per heavy atom. The Bertz CT molecular complexity index is 555. The highest BCUT2D eigenvalue weighted by Gasteiger charge is 2.34. The maximum atomic E-state index is 12.2. The number of carbonyl (C=O) groups excluding carboxylic acids is 1. The summed E-state index contributed by atoms with van der Waals surface area (Å²) in [5.41, 5.74) is 0.197. The zero-order chi connectivity index (χ0) is 17.0. The summed E-state index contributed by atoms with van der Waals surface area (Å²) in [4.78, 5) is 24.7. The number of β-amino-alcohol motifs (C(OH)–C–C–N with tert-alkyl or cyclic N) is 1. The van der Waals surface area contributed by atoms with E-state index in [4.69, 9.17) is 9.84 Å². The molecule has 6 nitrogen and oxygen atoms in total. The summed E-state index contributed by atoms with van der Waals surface area (Å²) >= 11 is 0. The highest BCUT2D eigenvalue weighted by Crippen LogP contribution is 2.22. The molecule has 1 saturated heterocycles. The fourth-order valence-electron chi connectivity index (χ4n) is 2.71. The van der Waals surface area contributed by atoms with Crippen molar-refractivity contribution in [3.8, 4) is 5.75 Å². The molecule has 1 aromatic rings. The Hall–Kier alpha value is -2.08. The number of carboxylic acid groups (broad SMARTS) is 1. The van der Waals surface area contributed by atoms with Gasteiger partial charge in [-0.05, 0) is 36.6 Å². The van der Waals surface area contributed by atoms with Gasteiger partial charge in [0.05, 0.1) is 17.7 Å². The summed E-state index contributed by atoms with van der Waals surface area (Å²) in [6, 6.07) is 5.98. The summed E-state index contributed by atoms with van der Waals surface area (Å²) in [7, 11) is 0. The van der Waals surface area contributed by atoms with Gasteiger partial charge in [0.15, 0.2) is 0 Å². The molecule has 6 heteroatoms. The number of hydrogen-bond donors (Lipinski definition) is 2. The first-order valence-electron chi connectivity index (χ1n) is 7.80. The molecule has 0 saturated carbocycles. The molecule has 1 fully saturated rings. The number of aliphatic hydroxyl groups is 1. The first-order chi connectivity index (χ1) is 10.9. The molecule has 1 amide bonds. The molecule has 2 atom stereocenters. The van der Waals surface area contributed by atoms with Crippen LogP contribution in [0.4, 0.5) is 0 Å². The van der Waals surface area contributed by atoms with Crippen molar-refractivity contribution in [2.45, 2.75) is 38.8 Å². The third-order valence-corrected chi connectivity index (χ3v) is 3.84. The maximum Gasteiger partial charge on any atom is 0.335 e. The normalized spacial score (nSPS) is 20.8. The van der Waals surface area contributed by atoms with E-state index >= 15 is 0 Å². The molecule has 0 aromatic heterocycles. The van der Waals surface area contributed by atoms with Gasteiger partial charge in [0.25, 0.3) is 0 Å². The molecule has 0 bridgehead atoms. The van der Waals surface area contributed by atoms with Crippen LogP contribution in [0.2, 0.25) is 0 Å². The van der Waals surface area contributed by atoms with Crippen molar-refractivity contribution in [3.05, 3.63) is 29.8 Å². The van der Waals surface area contributed by atoms with E-state index in [1.54, 1.807) is 17.0 Å². The number of amides is 1. The lowest BCUT2D eigenvalue weighted by Gasteiger charge is -2.25. The topological polar surface area (TPSA) is 87.1 Å². The van der Waals surface area contributed by atoms with E-state index in [0.29, 0.717) is 25.1 Å². The van der Waals surface area contributed by atoms with Crippen molar-refractivity contribution in [2.24, 2.45) is 5.92 Å². The molecule has 126 valence electrons. The highest BCUT2D eigenvalue weighted by molar-refractivity contribution is 5.87. The van der Waals surface area contributed by atoms with Crippen molar-refractivity contribution in [2.75, 3.05) is 13.2 Å². The second-order valence-corrected chi connectivity index (χ2v) is 6.33. The minimum atomic E-state index is -0.985. The first-order valence-corrected chi connectivity index (χ1v) is 7.80. The summed E-state index contributed by atoms with van der Waals surface area (Å²) in [6.45, 7) is 4.60. The number of carbonyl (C=O) groups is 2. The molecular weight excluding hydrogens is 298 g/mol. The lowest BCUT2D eigenvalue weighted by atomic mass is 10.1. The quantitative estimate of drug-likeness (QED) is 0.834.